The number of amidine groups is 1. The van der Waals surface area contributed by atoms with Crippen LogP contribution in [0.5, 0.6) is 0 Å². The Kier molecular flexibility index (Phi) is 2.67. The number of carbonyl (C=O) groups is 1. The predicted molar refractivity (Wildman–Crippen MR) is 74.9 cm³/mol. The number of carbonyl (C=O) groups excluding carboxylic acids is 1. The Morgan fingerprint density at radius 2 is 1.37 bits per heavy atom. The summed E-state index contributed by atoms with van der Waals surface area (Å²) in [6, 6.07) is 19.3. The van der Waals surface area contributed by atoms with Gasteiger partial charge in [0, 0.05) is 0 Å². The first kappa shape index (κ1) is 11.7. The smallest absolute Gasteiger partial charge is 0.262 e. The van der Waals surface area contributed by atoms with Crippen LogP contribution in [0.15, 0.2) is 65.7 Å². The minimum atomic E-state index is -0.952. The summed E-state index contributed by atoms with van der Waals surface area (Å²) in [5.74, 6) is 0.556. The predicted octanol–water partition coefficient (Wildman–Crippen LogP) is 2.48. The van der Waals surface area contributed by atoms with Gasteiger partial charge in [0.15, 0.2) is 5.54 Å². The summed E-state index contributed by atoms with van der Waals surface area (Å²) < 4.78 is 0. The molecule has 0 saturated carbocycles. The van der Waals surface area contributed by atoms with E-state index >= 15 is 0 Å². The maximum Gasteiger partial charge on any atom is 0.262 e. The molecule has 1 aliphatic rings. The van der Waals surface area contributed by atoms with E-state index in [1.165, 1.54) is 0 Å². The van der Waals surface area contributed by atoms with Gasteiger partial charge in [0.2, 0.25) is 0 Å². The lowest BCUT2D eigenvalue weighted by Crippen LogP contribution is -2.38. The third-order valence-electron chi connectivity index (χ3n) is 3.34. The Morgan fingerprint density at radius 3 is 1.74 bits per heavy atom. The highest BCUT2D eigenvalue weighted by Gasteiger charge is 2.45. The van der Waals surface area contributed by atoms with Crippen LogP contribution in [0.4, 0.5) is 0 Å². The number of hydrogen-bond donors (Lipinski definition) is 1. The molecule has 0 radical (unpaired) electrons. The highest BCUT2D eigenvalue weighted by atomic mass is 16.2. The summed E-state index contributed by atoms with van der Waals surface area (Å²) in [7, 11) is 0. The summed E-state index contributed by atoms with van der Waals surface area (Å²) in [6.07, 6.45) is 0. The van der Waals surface area contributed by atoms with Gasteiger partial charge in [-0.3, -0.25) is 4.79 Å². The first-order valence-electron chi connectivity index (χ1n) is 6.22. The van der Waals surface area contributed by atoms with E-state index in [4.69, 9.17) is 0 Å². The zero-order chi connectivity index (χ0) is 13.3. The van der Waals surface area contributed by atoms with Crippen molar-refractivity contribution >= 4 is 11.7 Å². The second kappa shape index (κ2) is 4.35. The molecule has 1 amide bonds. The van der Waals surface area contributed by atoms with E-state index in [9.17, 15) is 4.79 Å². The molecule has 3 heteroatoms. The van der Waals surface area contributed by atoms with E-state index in [2.05, 4.69) is 10.3 Å². The van der Waals surface area contributed by atoms with E-state index in [0.717, 1.165) is 11.1 Å². The minimum absolute atomic E-state index is 0.0950. The monoisotopic (exact) mass is 250 g/mol. The van der Waals surface area contributed by atoms with Crippen molar-refractivity contribution in [3.05, 3.63) is 71.8 Å². The van der Waals surface area contributed by atoms with E-state index in [-0.39, 0.29) is 5.91 Å². The minimum Gasteiger partial charge on any atom is -0.312 e. The average molecular weight is 250 g/mol. The second-order valence-electron chi connectivity index (χ2n) is 4.59. The van der Waals surface area contributed by atoms with Crippen molar-refractivity contribution in [1.29, 1.82) is 0 Å². The third-order valence-corrected chi connectivity index (χ3v) is 3.34. The standard InChI is InChI=1S/C16H14N2O/c1-12-17-15(19)16(18-12,13-8-4-2-5-9-13)14-10-6-3-7-11-14/h2-11H,1H3,(H,17,18,19). The second-order valence-corrected chi connectivity index (χ2v) is 4.59. The molecule has 0 unspecified atom stereocenters. The van der Waals surface area contributed by atoms with E-state index < -0.39 is 5.54 Å². The molecule has 94 valence electrons. The van der Waals surface area contributed by atoms with Gasteiger partial charge in [0.1, 0.15) is 5.84 Å². The number of rotatable bonds is 2. The zero-order valence-corrected chi connectivity index (χ0v) is 10.6. The van der Waals surface area contributed by atoms with Crippen molar-refractivity contribution < 1.29 is 4.79 Å². The van der Waals surface area contributed by atoms with Gasteiger partial charge in [0.05, 0.1) is 0 Å². The Balaban J connectivity index is 2.26. The molecule has 2 aromatic rings. The fourth-order valence-corrected chi connectivity index (χ4v) is 2.50. The molecule has 1 heterocycles. The van der Waals surface area contributed by atoms with Crippen LogP contribution in [0, 0.1) is 0 Å². The van der Waals surface area contributed by atoms with Crippen LogP contribution in [-0.2, 0) is 10.3 Å². The van der Waals surface area contributed by atoms with Gasteiger partial charge >= 0.3 is 0 Å². The summed E-state index contributed by atoms with van der Waals surface area (Å²) in [5, 5.41) is 2.82. The molecular weight excluding hydrogens is 236 g/mol. The SMILES string of the molecule is CC1=NC(c2ccccc2)(c2ccccc2)C(=O)N1. The number of nitrogens with one attached hydrogen (secondary N) is 1. The Labute approximate surface area is 112 Å². The lowest BCUT2D eigenvalue weighted by molar-refractivity contribution is -0.122. The highest BCUT2D eigenvalue weighted by Crippen LogP contribution is 2.36. The maximum atomic E-state index is 12.5. The topological polar surface area (TPSA) is 41.5 Å². The average Bonchev–Trinajstić information content (AvgIpc) is 2.76. The maximum absolute atomic E-state index is 12.5. The van der Waals surface area contributed by atoms with Crippen molar-refractivity contribution in [3.8, 4) is 0 Å². The largest absolute Gasteiger partial charge is 0.312 e. The molecule has 19 heavy (non-hydrogen) atoms. The van der Waals surface area contributed by atoms with Crippen LogP contribution in [0.1, 0.15) is 18.1 Å². The number of amides is 1. The molecule has 3 rings (SSSR count). The van der Waals surface area contributed by atoms with Crippen LogP contribution >= 0.6 is 0 Å². The fraction of sp³-hybridized carbons (Fsp3) is 0.125. The molecule has 0 bridgehead atoms. The number of aliphatic imine (C=N–C) groups is 1. The van der Waals surface area contributed by atoms with Gasteiger partial charge in [-0.25, -0.2) is 4.99 Å². The van der Waals surface area contributed by atoms with Crippen molar-refractivity contribution in [3.63, 3.8) is 0 Å². The molecule has 0 saturated heterocycles. The molecule has 0 atom stereocenters. The highest BCUT2D eigenvalue weighted by molar-refractivity contribution is 6.09. The van der Waals surface area contributed by atoms with Gasteiger partial charge in [-0.15, -0.1) is 0 Å². The molecule has 3 nitrogen and oxygen atoms in total. The Hall–Kier alpha value is -2.42. The molecular formula is C16H14N2O. The van der Waals surface area contributed by atoms with E-state index in [1.807, 2.05) is 67.6 Å². The van der Waals surface area contributed by atoms with Gasteiger partial charge in [-0.2, -0.15) is 0 Å². The van der Waals surface area contributed by atoms with E-state index in [0.29, 0.717) is 5.84 Å². The van der Waals surface area contributed by atoms with Crippen LogP contribution < -0.4 is 5.32 Å². The van der Waals surface area contributed by atoms with Gasteiger partial charge in [0.25, 0.3) is 5.91 Å². The zero-order valence-electron chi connectivity index (χ0n) is 10.6. The molecule has 2 aromatic carbocycles. The van der Waals surface area contributed by atoms with Crippen molar-refractivity contribution in [2.75, 3.05) is 0 Å². The van der Waals surface area contributed by atoms with Crippen LogP contribution in [0.3, 0.4) is 0 Å². The lowest BCUT2D eigenvalue weighted by atomic mass is 9.83. The first-order valence-corrected chi connectivity index (χ1v) is 6.22. The van der Waals surface area contributed by atoms with Gasteiger partial charge in [-0.05, 0) is 18.1 Å². The van der Waals surface area contributed by atoms with Crippen molar-refractivity contribution in [1.82, 2.24) is 5.32 Å². The Morgan fingerprint density at radius 1 is 0.895 bits per heavy atom. The Bertz CT molecular complexity index is 593. The summed E-state index contributed by atoms with van der Waals surface area (Å²) in [5.41, 5.74) is 0.818. The lowest BCUT2D eigenvalue weighted by Gasteiger charge is -2.24. The summed E-state index contributed by atoms with van der Waals surface area (Å²) in [4.78, 5) is 17.1. The summed E-state index contributed by atoms with van der Waals surface area (Å²) in [6.45, 7) is 1.81. The molecule has 1 aliphatic heterocycles. The van der Waals surface area contributed by atoms with Crippen molar-refractivity contribution in [2.24, 2.45) is 4.99 Å². The molecule has 0 aromatic heterocycles. The van der Waals surface area contributed by atoms with Crippen LogP contribution in [0.2, 0.25) is 0 Å². The van der Waals surface area contributed by atoms with E-state index in [1.54, 1.807) is 0 Å². The molecule has 1 N–H and O–H groups in total. The van der Waals surface area contributed by atoms with Gasteiger partial charge < -0.3 is 5.32 Å². The third kappa shape index (κ3) is 1.74. The molecule has 0 spiro atoms. The molecule has 0 aliphatic carbocycles. The van der Waals surface area contributed by atoms with Crippen LogP contribution in [-0.4, -0.2) is 11.7 Å². The number of benzene rings is 2. The number of nitrogens with zero attached hydrogens (tertiary/aromatic N) is 1. The summed E-state index contributed by atoms with van der Waals surface area (Å²) >= 11 is 0. The fourth-order valence-electron chi connectivity index (χ4n) is 2.50. The van der Waals surface area contributed by atoms with Crippen LogP contribution in [0.25, 0.3) is 0 Å². The van der Waals surface area contributed by atoms with Crippen molar-refractivity contribution in [2.45, 2.75) is 12.5 Å². The number of hydrogen-bond acceptors (Lipinski definition) is 2. The normalized spacial score (nSPS) is 16.9. The first-order chi connectivity index (χ1) is 9.23. The quantitative estimate of drug-likeness (QED) is 0.874. The van der Waals surface area contributed by atoms with Gasteiger partial charge in [-0.1, -0.05) is 60.7 Å². The molecule has 0 fully saturated rings.